The third-order valence-corrected chi connectivity index (χ3v) is 3.56. The van der Waals surface area contributed by atoms with Crippen molar-refractivity contribution in [2.24, 2.45) is 0 Å². The molecule has 2 rings (SSSR count). The highest BCUT2D eigenvalue weighted by Gasteiger charge is 2.27. The second kappa shape index (κ2) is 6.94. The molecule has 8 heteroatoms. The van der Waals surface area contributed by atoms with Gasteiger partial charge in [-0.15, -0.1) is 11.6 Å². The zero-order chi connectivity index (χ0) is 15.5. The van der Waals surface area contributed by atoms with Crippen LogP contribution in [0.1, 0.15) is 17.4 Å². The quantitative estimate of drug-likeness (QED) is 0.586. The zero-order valence-electron chi connectivity index (χ0n) is 10.9. The number of ether oxygens (including phenoxy) is 3. The van der Waals surface area contributed by atoms with Crippen LogP contribution < -0.4 is 9.47 Å². The standard InChI is InChI=1S/C13H13Cl2F3O3/c14-9(1-2-19-7-13(16,17)18)8-5-11-12(6-10(8)15)21-4-3-20-11/h5-6,9H,1-4,7H2. The molecule has 0 fully saturated rings. The molecule has 118 valence electrons. The maximum atomic E-state index is 11.9. The molecule has 1 aromatic carbocycles. The van der Waals surface area contributed by atoms with Gasteiger partial charge in [-0.05, 0) is 18.1 Å². The molecule has 0 bridgehead atoms. The molecule has 0 spiro atoms. The van der Waals surface area contributed by atoms with Crippen LogP contribution in [-0.4, -0.2) is 32.6 Å². The molecule has 21 heavy (non-hydrogen) atoms. The van der Waals surface area contributed by atoms with Crippen LogP contribution in [0.25, 0.3) is 0 Å². The van der Waals surface area contributed by atoms with Gasteiger partial charge in [-0.2, -0.15) is 13.2 Å². The number of hydrogen-bond acceptors (Lipinski definition) is 3. The number of alkyl halides is 4. The van der Waals surface area contributed by atoms with Gasteiger partial charge in [-0.25, -0.2) is 0 Å². The summed E-state index contributed by atoms with van der Waals surface area (Å²) >= 11 is 12.3. The van der Waals surface area contributed by atoms with Crippen LogP contribution in [-0.2, 0) is 4.74 Å². The second-order valence-electron chi connectivity index (χ2n) is 4.44. The molecule has 3 nitrogen and oxygen atoms in total. The molecule has 1 aliphatic heterocycles. The number of fused-ring (bicyclic) bond motifs is 1. The number of rotatable bonds is 5. The van der Waals surface area contributed by atoms with Crippen molar-refractivity contribution in [1.82, 2.24) is 0 Å². The number of benzene rings is 1. The fourth-order valence-electron chi connectivity index (χ4n) is 1.85. The molecule has 0 saturated heterocycles. The minimum absolute atomic E-state index is 0.113. The Morgan fingerprint density at radius 2 is 1.81 bits per heavy atom. The average Bonchev–Trinajstić information content (AvgIpc) is 2.41. The van der Waals surface area contributed by atoms with Gasteiger partial charge in [0.2, 0.25) is 0 Å². The summed E-state index contributed by atoms with van der Waals surface area (Å²) in [6.45, 7) is -0.530. The second-order valence-corrected chi connectivity index (χ2v) is 5.38. The Kier molecular flexibility index (Phi) is 5.46. The highest BCUT2D eigenvalue weighted by atomic mass is 35.5. The van der Waals surface area contributed by atoms with E-state index in [1.165, 1.54) is 0 Å². The molecular weight excluding hydrogens is 332 g/mol. The molecule has 0 N–H and O–H groups in total. The average molecular weight is 345 g/mol. The topological polar surface area (TPSA) is 27.7 Å². The lowest BCUT2D eigenvalue weighted by Gasteiger charge is -2.21. The van der Waals surface area contributed by atoms with Crippen LogP contribution in [0.15, 0.2) is 12.1 Å². The smallest absolute Gasteiger partial charge is 0.411 e. The lowest BCUT2D eigenvalue weighted by molar-refractivity contribution is -0.174. The summed E-state index contributed by atoms with van der Waals surface area (Å²) in [5.41, 5.74) is 0.582. The first kappa shape index (κ1) is 16.5. The first-order valence-electron chi connectivity index (χ1n) is 6.24. The van der Waals surface area contributed by atoms with E-state index in [0.29, 0.717) is 35.3 Å². The fraction of sp³-hybridized carbons (Fsp3) is 0.538. The summed E-state index contributed by atoms with van der Waals surface area (Å²) in [5.74, 6) is 1.06. The van der Waals surface area contributed by atoms with E-state index < -0.39 is 18.2 Å². The van der Waals surface area contributed by atoms with Gasteiger partial charge in [0.25, 0.3) is 0 Å². The molecule has 0 saturated carbocycles. The summed E-state index contributed by atoms with van der Waals surface area (Å²) < 4.78 is 51.2. The van der Waals surface area contributed by atoms with Gasteiger partial charge in [0.1, 0.15) is 19.8 Å². The van der Waals surface area contributed by atoms with Crippen LogP contribution in [0.5, 0.6) is 11.5 Å². The van der Waals surface area contributed by atoms with Crippen LogP contribution in [0.3, 0.4) is 0 Å². The molecule has 0 radical (unpaired) electrons. The Balaban J connectivity index is 1.94. The minimum atomic E-state index is -4.34. The summed E-state index contributed by atoms with van der Waals surface area (Å²) in [7, 11) is 0. The van der Waals surface area contributed by atoms with Crippen molar-refractivity contribution in [2.75, 3.05) is 26.4 Å². The summed E-state index contributed by atoms with van der Waals surface area (Å²) in [5, 5.41) is -0.184. The van der Waals surface area contributed by atoms with Gasteiger partial charge in [-0.1, -0.05) is 11.6 Å². The van der Waals surface area contributed by atoms with Gasteiger partial charge < -0.3 is 14.2 Å². The maximum absolute atomic E-state index is 11.9. The third-order valence-electron chi connectivity index (χ3n) is 2.78. The molecular formula is C13H13Cl2F3O3. The zero-order valence-corrected chi connectivity index (χ0v) is 12.4. The number of halogens is 5. The predicted octanol–water partition coefficient (Wildman–Crippen LogP) is 4.36. The monoisotopic (exact) mass is 344 g/mol. The molecule has 1 atom stereocenters. The van der Waals surface area contributed by atoms with Crippen molar-refractivity contribution < 1.29 is 27.4 Å². The van der Waals surface area contributed by atoms with Gasteiger partial charge >= 0.3 is 6.18 Å². The van der Waals surface area contributed by atoms with Gasteiger partial charge in [0.05, 0.1) is 5.38 Å². The first-order valence-corrected chi connectivity index (χ1v) is 7.06. The van der Waals surface area contributed by atoms with Crippen molar-refractivity contribution >= 4 is 23.2 Å². The number of hydrogen-bond donors (Lipinski definition) is 0. The predicted molar refractivity (Wildman–Crippen MR) is 72.5 cm³/mol. The van der Waals surface area contributed by atoms with E-state index in [4.69, 9.17) is 32.7 Å². The maximum Gasteiger partial charge on any atom is 0.411 e. The lowest BCUT2D eigenvalue weighted by Crippen LogP contribution is -2.18. The van der Waals surface area contributed by atoms with Crippen molar-refractivity contribution in [1.29, 1.82) is 0 Å². The molecule has 0 aliphatic carbocycles. The molecule has 1 aliphatic rings. The molecule has 1 aromatic rings. The largest absolute Gasteiger partial charge is 0.486 e. The lowest BCUT2D eigenvalue weighted by atomic mass is 10.1. The summed E-state index contributed by atoms with van der Waals surface area (Å²) in [6, 6.07) is 3.25. The van der Waals surface area contributed by atoms with Crippen molar-refractivity contribution in [3.05, 3.63) is 22.7 Å². The molecule has 1 unspecified atom stereocenters. The highest BCUT2D eigenvalue weighted by Crippen LogP contribution is 2.40. The molecule has 0 aromatic heterocycles. The van der Waals surface area contributed by atoms with Gasteiger partial charge in [0, 0.05) is 17.7 Å². The Morgan fingerprint density at radius 3 is 2.43 bits per heavy atom. The van der Waals surface area contributed by atoms with Gasteiger partial charge in [0.15, 0.2) is 11.5 Å². The first-order chi connectivity index (χ1) is 9.87. The van der Waals surface area contributed by atoms with Crippen molar-refractivity contribution in [3.8, 4) is 11.5 Å². The Morgan fingerprint density at radius 1 is 1.19 bits per heavy atom. The molecule has 0 amide bonds. The van der Waals surface area contributed by atoms with Crippen molar-refractivity contribution in [2.45, 2.75) is 18.0 Å². The third kappa shape index (κ3) is 4.83. The van der Waals surface area contributed by atoms with Crippen LogP contribution in [0, 0.1) is 0 Å². The van der Waals surface area contributed by atoms with E-state index in [-0.39, 0.29) is 13.0 Å². The van der Waals surface area contributed by atoms with E-state index >= 15 is 0 Å². The SMILES string of the molecule is FC(F)(F)COCCC(Cl)c1cc2c(cc1Cl)OCCO2. The molecule has 1 heterocycles. The van der Waals surface area contributed by atoms with E-state index in [1.54, 1.807) is 12.1 Å². The van der Waals surface area contributed by atoms with Crippen LogP contribution >= 0.6 is 23.2 Å². The minimum Gasteiger partial charge on any atom is -0.486 e. The summed E-state index contributed by atoms with van der Waals surface area (Å²) in [6.07, 6.45) is -4.13. The van der Waals surface area contributed by atoms with Crippen LogP contribution in [0.4, 0.5) is 13.2 Å². The van der Waals surface area contributed by atoms with E-state index in [1.807, 2.05) is 0 Å². The Hall–Kier alpha value is -0.850. The fourth-order valence-corrected chi connectivity index (χ4v) is 2.46. The van der Waals surface area contributed by atoms with Crippen LogP contribution in [0.2, 0.25) is 5.02 Å². The normalized spacial score (nSPS) is 15.9. The van der Waals surface area contributed by atoms with Crippen molar-refractivity contribution in [3.63, 3.8) is 0 Å². The van der Waals surface area contributed by atoms with Gasteiger partial charge in [-0.3, -0.25) is 0 Å². The van der Waals surface area contributed by atoms with E-state index in [2.05, 4.69) is 4.74 Å². The Bertz CT molecular complexity index is 494. The van der Waals surface area contributed by atoms with E-state index in [9.17, 15) is 13.2 Å². The Labute approximate surface area is 129 Å². The summed E-state index contributed by atoms with van der Waals surface area (Å²) in [4.78, 5) is 0. The highest BCUT2D eigenvalue weighted by molar-refractivity contribution is 6.33. The van der Waals surface area contributed by atoms with E-state index in [0.717, 1.165) is 0 Å².